The molecule has 0 bridgehead atoms. The van der Waals surface area contributed by atoms with Crippen molar-refractivity contribution < 1.29 is 38.2 Å². The van der Waals surface area contributed by atoms with E-state index >= 15 is 0 Å². The van der Waals surface area contributed by atoms with Gasteiger partial charge in [-0.1, -0.05) is 109 Å². The van der Waals surface area contributed by atoms with Crippen LogP contribution in [0.25, 0.3) is 5.57 Å². The molecule has 2 N–H and O–H groups in total. The molecule has 0 aliphatic carbocycles. The molecule has 12 nitrogen and oxygen atoms in total. The highest BCUT2D eigenvalue weighted by Gasteiger charge is 2.56. The molecule has 55 heavy (non-hydrogen) atoms. The lowest BCUT2D eigenvalue weighted by atomic mass is 10.00. The standard InChI is InChI=1S/C40H37ClN4O8S2/c1-40(2,3)53-39(50)44-38-42-29(23-55-38)27(19-20-30(46)51-21-24-13-7-4-8-14-24)34(47)43-31-35(48)45-32(28(41)22-54-36(31)45)37(49)52-33(25-15-9-5-10-16-25)26-17-11-6-12-18-26/h4-19,22-23,31-33,36H,20-21H2,1-3H3,(H,43,47)(H,42,44,50)/t31-,32?,36+/m1/s1. The molecule has 0 radical (unpaired) electrons. The Labute approximate surface area is 330 Å². The maximum Gasteiger partial charge on any atom is 0.413 e. The van der Waals surface area contributed by atoms with E-state index in [4.69, 9.17) is 25.8 Å². The van der Waals surface area contributed by atoms with Gasteiger partial charge >= 0.3 is 18.0 Å². The number of hydrogen-bond donors (Lipinski definition) is 2. The van der Waals surface area contributed by atoms with Gasteiger partial charge in [-0.2, -0.15) is 0 Å². The molecule has 1 fully saturated rings. The molecule has 4 aromatic rings. The largest absolute Gasteiger partial charge is 0.461 e. The molecule has 284 valence electrons. The first kappa shape index (κ1) is 39.3. The molecular formula is C40H37ClN4O8S2. The highest BCUT2D eigenvalue weighted by Crippen LogP contribution is 2.42. The van der Waals surface area contributed by atoms with Gasteiger partial charge in [0.1, 0.15) is 23.6 Å². The van der Waals surface area contributed by atoms with Gasteiger partial charge in [-0.3, -0.25) is 19.7 Å². The van der Waals surface area contributed by atoms with Crippen molar-refractivity contribution in [2.45, 2.75) is 63.0 Å². The summed E-state index contributed by atoms with van der Waals surface area (Å²) in [5.74, 6) is -2.60. The molecule has 1 unspecified atom stereocenters. The summed E-state index contributed by atoms with van der Waals surface area (Å²) in [6, 6.07) is 25.3. The van der Waals surface area contributed by atoms with Crippen molar-refractivity contribution in [1.82, 2.24) is 15.2 Å². The number of thiazole rings is 1. The average Bonchev–Trinajstić information content (AvgIpc) is 3.62. The van der Waals surface area contributed by atoms with Crippen LogP contribution in [0.2, 0.25) is 0 Å². The molecule has 15 heteroatoms. The van der Waals surface area contributed by atoms with Gasteiger partial charge in [-0.25, -0.2) is 14.6 Å². The molecule has 2 aliphatic rings. The van der Waals surface area contributed by atoms with Crippen LogP contribution in [0.4, 0.5) is 9.93 Å². The van der Waals surface area contributed by atoms with Crippen LogP contribution in [0.3, 0.4) is 0 Å². The van der Waals surface area contributed by atoms with Crippen LogP contribution in [0.1, 0.15) is 55.7 Å². The van der Waals surface area contributed by atoms with E-state index in [0.29, 0.717) is 0 Å². The Morgan fingerprint density at radius 2 is 1.56 bits per heavy atom. The van der Waals surface area contributed by atoms with E-state index < -0.39 is 59.0 Å². The molecular weight excluding hydrogens is 764 g/mol. The Hall–Kier alpha value is -5.44. The maximum atomic E-state index is 13.9. The fourth-order valence-corrected chi connectivity index (χ4v) is 7.86. The van der Waals surface area contributed by atoms with E-state index in [0.717, 1.165) is 28.0 Å². The third-order valence-electron chi connectivity index (χ3n) is 8.24. The van der Waals surface area contributed by atoms with Gasteiger partial charge in [-0.15, -0.1) is 23.1 Å². The molecule has 1 saturated heterocycles. The van der Waals surface area contributed by atoms with Gasteiger partial charge in [0.2, 0.25) is 5.91 Å². The molecule has 0 spiro atoms. The quantitative estimate of drug-likeness (QED) is 0.0652. The van der Waals surface area contributed by atoms with Gasteiger partial charge in [0.05, 0.1) is 22.7 Å². The molecule has 3 amide bonds. The number of hydrogen-bond acceptors (Lipinski definition) is 11. The first-order valence-electron chi connectivity index (χ1n) is 17.2. The molecule has 6 rings (SSSR count). The Bertz CT molecular complexity index is 2070. The Balaban J connectivity index is 1.18. The lowest BCUT2D eigenvalue weighted by Crippen LogP contribution is -2.73. The number of amides is 3. The monoisotopic (exact) mass is 800 g/mol. The van der Waals surface area contributed by atoms with Gasteiger partial charge in [0.25, 0.3) is 5.91 Å². The van der Waals surface area contributed by atoms with Crippen molar-refractivity contribution in [2.24, 2.45) is 0 Å². The third-order valence-corrected chi connectivity index (χ3v) is 10.6. The minimum Gasteiger partial charge on any atom is -0.461 e. The predicted octanol–water partition coefficient (Wildman–Crippen LogP) is 7.19. The van der Waals surface area contributed by atoms with Crippen LogP contribution in [0, 0.1) is 0 Å². The average molecular weight is 801 g/mol. The summed E-state index contributed by atoms with van der Waals surface area (Å²) in [6.45, 7) is 5.20. The second-order valence-corrected chi connectivity index (χ2v) is 15.7. The Morgan fingerprint density at radius 1 is 0.945 bits per heavy atom. The number of aromatic nitrogens is 1. The van der Waals surface area contributed by atoms with E-state index in [9.17, 15) is 24.0 Å². The number of nitrogens with one attached hydrogen (secondary N) is 2. The summed E-state index contributed by atoms with van der Waals surface area (Å²) in [5, 5.41) is 7.95. The maximum absolute atomic E-state index is 13.9. The van der Waals surface area contributed by atoms with Gasteiger partial charge < -0.3 is 24.4 Å². The van der Waals surface area contributed by atoms with Crippen molar-refractivity contribution in [2.75, 3.05) is 5.32 Å². The summed E-state index contributed by atoms with van der Waals surface area (Å²) in [7, 11) is 0. The number of β-lactam (4-membered cyclic amide) rings is 1. The highest BCUT2D eigenvalue weighted by atomic mass is 35.5. The van der Waals surface area contributed by atoms with Crippen molar-refractivity contribution in [1.29, 1.82) is 0 Å². The van der Waals surface area contributed by atoms with Gasteiger partial charge in [0, 0.05) is 5.38 Å². The van der Waals surface area contributed by atoms with Crippen LogP contribution >= 0.6 is 34.7 Å². The number of fused-ring (bicyclic) bond motifs is 1. The number of thioether (sulfide) groups is 1. The number of anilines is 1. The number of ether oxygens (including phenoxy) is 3. The molecule has 3 atom stereocenters. The zero-order chi connectivity index (χ0) is 39.1. The van der Waals surface area contributed by atoms with Crippen molar-refractivity contribution in [3.05, 3.63) is 135 Å². The van der Waals surface area contributed by atoms with Crippen LogP contribution < -0.4 is 10.6 Å². The van der Waals surface area contributed by atoms with E-state index in [1.807, 2.05) is 91.0 Å². The van der Waals surface area contributed by atoms with E-state index in [2.05, 4.69) is 15.6 Å². The predicted molar refractivity (Wildman–Crippen MR) is 210 cm³/mol. The van der Waals surface area contributed by atoms with Gasteiger partial charge in [-0.05, 0) is 42.9 Å². The number of rotatable bonds is 12. The number of carbonyl (C=O) groups is 5. The fourth-order valence-electron chi connectivity index (χ4n) is 5.72. The Morgan fingerprint density at radius 3 is 2.18 bits per heavy atom. The van der Waals surface area contributed by atoms with E-state index in [1.165, 1.54) is 28.1 Å². The van der Waals surface area contributed by atoms with Crippen molar-refractivity contribution in [3.63, 3.8) is 0 Å². The Kier molecular flexibility index (Phi) is 12.4. The summed E-state index contributed by atoms with van der Waals surface area (Å²) in [6.07, 6.45) is -0.435. The topological polar surface area (TPSA) is 153 Å². The smallest absolute Gasteiger partial charge is 0.413 e. The SMILES string of the molecule is CC(C)(C)OC(=O)Nc1nc(C(=CCC(=O)OCc2ccccc2)C(=O)N[C@@H]2C(=O)N3C(C(=O)OC(c4ccccc4)c4ccccc4)C(Cl)=CS[C@@H]23)cs1. The van der Waals surface area contributed by atoms with E-state index in [-0.39, 0.29) is 34.5 Å². The molecule has 0 saturated carbocycles. The fraction of sp³-hybridized carbons (Fsp3) is 0.250. The van der Waals surface area contributed by atoms with Crippen LogP contribution in [-0.4, -0.2) is 62.8 Å². The summed E-state index contributed by atoms with van der Waals surface area (Å²) >= 11 is 8.78. The van der Waals surface area contributed by atoms with Crippen molar-refractivity contribution in [3.8, 4) is 0 Å². The zero-order valence-corrected chi connectivity index (χ0v) is 32.4. The molecule has 3 heterocycles. The summed E-state index contributed by atoms with van der Waals surface area (Å²) in [5.41, 5.74) is 1.62. The second kappa shape index (κ2) is 17.4. The van der Waals surface area contributed by atoms with Crippen LogP contribution in [0.15, 0.2) is 113 Å². The first-order valence-corrected chi connectivity index (χ1v) is 19.4. The highest BCUT2D eigenvalue weighted by molar-refractivity contribution is 8.03. The summed E-state index contributed by atoms with van der Waals surface area (Å²) in [4.78, 5) is 72.3. The number of esters is 2. The minimum atomic E-state index is -1.24. The van der Waals surface area contributed by atoms with Crippen LogP contribution in [-0.2, 0) is 40.0 Å². The number of nitrogens with zero attached hydrogens (tertiary/aromatic N) is 2. The normalized spacial score (nSPS) is 18.0. The van der Waals surface area contributed by atoms with Crippen molar-refractivity contribution >= 4 is 75.3 Å². The zero-order valence-electron chi connectivity index (χ0n) is 30.0. The number of benzene rings is 3. The number of halogens is 1. The lowest BCUT2D eigenvalue weighted by molar-refractivity contribution is -0.164. The van der Waals surface area contributed by atoms with Gasteiger partial charge in [0.15, 0.2) is 17.3 Å². The second-order valence-electron chi connectivity index (χ2n) is 13.4. The molecule has 2 aliphatic heterocycles. The summed E-state index contributed by atoms with van der Waals surface area (Å²) < 4.78 is 16.8. The molecule has 1 aromatic heterocycles. The molecule has 3 aromatic carbocycles. The number of carbonyl (C=O) groups excluding carboxylic acids is 5. The lowest BCUT2D eigenvalue weighted by Gasteiger charge is -2.51. The van der Waals surface area contributed by atoms with Crippen LogP contribution in [0.5, 0.6) is 0 Å². The van der Waals surface area contributed by atoms with E-state index in [1.54, 1.807) is 26.2 Å². The third kappa shape index (κ3) is 9.82. The minimum absolute atomic E-state index is 0.0321. The first-order chi connectivity index (χ1) is 26.4.